The van der Waals surface area contributed by atoms with E-state index in [0.717, 1.165) is 12.8 Å². The maximum absolute atomic E-state index is 12.0. The highest BCUT2D eigenvalue weighted by atomic mass is 32.2. The second kappa shape index (κ2) is 4.71. The van der Waals surface area contributed by atoms with Gasteiger partial charge in [-0.1, -0.05) is 6.92 Å². The summed E-state index contributed by atoms with van der Waals surface area (Å²) in [5.41, 5.74) is 0. The van der Waals surface area contributed by atoms with Gasteiger partial charge in [0.15, 0.2) is 5.25 Å². The van der Waals surface area contributed by atoms with Gasteiger partial charge in [0.05, 0.1) is 0 Å². The molecule has 16 heavy (non-hydrogen) atoms. The quantitative estimate of drug-likeness (QED) is 0.806. The minimum Gasteiger partial charge on any atom is -0.480 e. The average Bonchev–Trinajstić information content (AvgIpc) is 2.20. The normalized spacial score (nSPS) is 29.9. The first kappa shape index (κ1) is 13.4. The van der Waals surface area contributed by atoms with Crippen molar-refractivity contribution in [3.63, 3.8) is 0 Å². The number of rotatable bonds is 3. The van der Waals surface area contributed by atoms with Crippen molar-refractivity contribution in [3.8, 4) is 0 Å². The molecule has 0 aromatic rings. The molecule has 1 rings (SSSR count). The first-order chi connectivity index (χ1) is 7.26. The Morgan fingerprint density at radius 1 is 1.38 bits per heavy atom. The summed E-state index contributed by atoms with van der Waals surface area (Å²) in [6.45, 7) is 5.47. The molecule has 5 nitrogen and oxygen atoms in total. The van der Waals surface area contributed by atoms with Crippen molar-refractivity contribution in [2.24, 2.45) is 5.92 Å². The SMILES string of the molecule is CC1CCC(C)N(S(=O)(=O)C(C)C(=O)O)C1. The van der Waals surface area contributed by atoms with Crippen LogP contribution in [-0.4, -0.2) is 41.6 Å². The summed E-state index contributed by atoms with van der Waals surface area (Å²) >= 11 is 0. The molecule has 1 heterocycles. The van der Waals surface area contributed by atoms with E-state index in [-0.39, 0.29) is 6.04 Å². The van der Waals surface area contributed by atoms with Gasteiger partial charge in [-0.25, -0.2) is 8.42 Å². The van der Waals surface area contributed by atoms with Gasteiger partial charge in [0, 0.05) is 12.6 Å². The standard InChI is InChI=1S/C10H19NO4S/c1-7-4-5-8(2)11(6-7)16(14,15)9(3)10(12)13/h7-9H,4-6H2,1-3H3,(H,12,13). The maximum Gasteiger partial charge on any atom is 0.323 e. The number of carboxylic acid groups (broad SMARTS) is 1. The van der Waals surface area contributed by atoms with E-state index in [4.69, 9.17) is 5.11 Å². The van der Waals surface area contributed by atoms with Crippen molar-refractivity contribution in [2.45, 2.75) is 44.9 Å². The van der Waals surface area contributed by atoms with Crippen molar-refractivity contribution in [2.75, 3.05) is 6.54 Å². The monoisotopic (exact) mass is 249 g/mol. The molecule has 0 aromatic heterocycles. The molecule has 1 aliphatic heterocycles. The Hall–Kier alpha value is -0.620. The third-order valence-electron chi connectivity index (χ3n) is 3.18. The van der Waals surface area contributed by atoms with Crippen molar-refractivity contribution in [1.82, 2.24) is 4.31 Å². The molecule has 0 aromatic carbocycles. The Bertz CT molecular complexity index is 365. The lowest BCUT2D eigenvalue weighted by atomic mass is 9.97. The predicted octanol–water partition coefficient (Wildman–Crippen LogP) is 0.910. The lowest BCUT2D eigenvalue weighted by molar-refractivity contribution is -0.136. The van der Waals surface area contributed by atoms with Crippen LogP contribution in [0.2, 0.25) is 0 Å². The first-order valence-corrected chi connectivity index (χ1v) is 7.00. The summed E-state index contributed by atoms with van der Waals surface area (Å²) < 4.78 is 25.4. The molecule has 0 spiro atoms. The highest BCUT2D eigenvalue weighted by molar-refractivity contribution is 7.90. The number of piperidine rings is 1. The molecule has 0 amide bonds. The number of hydrogen-bond donors (Lipinski definition) is 1. The molecule has 1 fully saturated rings. The fourth-order valence-electron chi connectivity index (χ4n) is 1.93. The fourth-order valence-corrected chi connectivity index (χ4v) is 3.66. The minimum absolute atomic E-state index is 0.0944. The minimum atomic E-state index is -3.71. The molecule has 1 N–H and O–H groups in total. The highest BCUT2D eigenvalue weighted by Crippen LogP contribution is 2.25. The third kappa shape index (κ3) is 2.55. The van der Waals surface area contributed by atoms with Crippen LogP contribution in [0.1, 0.15) is 33.6 Å². The topological polar surface area (TPSA) is 74.7 Å². The van der Waals surface area contributed by atoms with Gasteiger partial charge in [0.1, 0.15) is 0 Å². The summed E-state index contributed by atoms with van der Waals surface area (Å²) in [6.07, 6.45) is 1.79. The van der Waals surface area contributed by atoms with Crippen LogP contribution in [0.3, 0.4) is 0 Å². The lowest BCUT2D eigenvalue weighted by Crippen LogP contribution is -2.49. The Labute approximate surface area is 96.5 Å². The number of nitrogens with zero attached hydrogens (tertiary/aromatic N) is 1. The van der Waals surface area contributed by atoms with Crippen molar-refractivity contribution in [3.05, 3.63) is 0 Å². The summed E-state index contributed by atoms with van der Waals surface area (Å²) in [6, 6.07) is -0.0944. The van der Waals surface area contributed by atoms with Gasteiger partial charge in [0.25, 0.3) is 0 Å². The van der Waals surface area contributed by atoms with Crippen LogP contribution in [0.15, 0.2) is 0 Å². The molecule has 3 atom stereocenters. The van der Waals surface area contributed by atoms with Crippen LogP contribution in [0.25, 0.3) is 0 Å². The van der Waals surface area contributed by atoms with Gasteiger partial charge in [-0.15, -0.1) is 0 Å². The number of carbonyl (C=O) groups is 1. The number of hydrogen-bond acceptors (Lipinski definition) is 3. The molecule has 1 saturated heterocycles. The van der Waals surface area contributed by atoms with E-state index in [9.17, 15) is 13.2 Å². The smallest absolute Gasteiger partial charge is 0.323 e. The van der Waals surface area contributed by atoms with Crippen molar-refractivity contribution < 1.29 is 18.3 Å². The van der Waals surface area contributed by atoms with E-state index in [1.807, 2.05) is 13.8 Å². The van der Waals surface area contributed by atoms with E-state index in [2.05, 4.69) is 0 Å². The van der Waals surface area contributed by atoms with E-state index < -0.39 is 21.2 Å². The van der Waals surface area contributed by atoms with Crippen molar-refractivity contribution >= 4 is 16.0 Å². The molecule has 0 bridgehead atoms. The van der Waals surface area contributed by atoms with Gasteiger partial charge >= 0.3 is 5.97 Å². The zero-order valence-electron chi connectivity index (χ0n) is 9.88. The third-order valence-corrected chi connectivity index (χ3v) is 5.44. The Balaban J connectivity index is 2.93. The molecule has 0 saturated carbocycles. The fraction of sp³-hybridized carbons (Fsp3) is 0.900. The van der Waals surface area contributed by atoms with Crippen molar-refractivity contribution in [1.29, 1.82) is 0 Å². The number of sulfonamides is 1. The van der Waals surface area contributed by atoms with E-state index in [1.165, 1.54) is 11.2 Å². The van der Waals surface area contributed by atoms with Gasteiger partial charge in [-0.2, -0.15) is 4.31 Å². The molecule has 3 unspecified atom stereocenters. The highest BCUT2D eigenvalue weighted by Gasteiger charge is 2.38. The van der Waals surface area contributed by atoms with Gasteiger partial charge in [-0.3, -0.25) is 4.79 Å². The first-order valence-electron chi connectivity index (χ1n) is 5.50. The van der Waals surface area contributed by atoms with E-state index in [0.29, 0.717) is 12.5 Å². The predicted molar refractivity (Wildman–Crippen MR) is 60.6 cm³/mol. The van der Waals surface area contributed by atoms with Crippen LogP contribution in [0, 0.1) is 5.92 Å². The van der Waals surface area contributed by atoms with Crippen LogP contribution in [-0.2, 0) is 14.8 Å². The van der Waals surface area contributed by atoms with Crippen LogP contribution in [0.4, 0.5) is 0 Å². The summed E-state index contributed by atoms with van der Waals surface area (Å²) in [5, 5.41) is 7.43. The molecule has 1 aliphatic rings. The molecule has 6 heteroatoms. The average molecular weight is 249 g/mol. The second-order valence-electron chi connectivity index (χ2n) is 4.63. The number of carboxylic acids is 1. The van der Waals surface area contributed by atoms with Crippen LogP contribution in [0.5, 0.6) is 0 Å². The molecular weight excluding hydrogens is 230 g/mol. The Morgan fingerprint density at radius 3 is 2.44 bits per heavy atom. The summed E-state index contributed by atoms with van der Waals surface area (Å²) in [4.78, 5) is 10.8. The van der Waals surface area contributed by atoms with Gasteiger partial charge < -0.3 is 5.11 Å². The molecule has 0 radical (unpaired) electrons. The largest absolute Gasteiger partial charge is 0.480 e. The number of aliphatic carboxylic acids is 1. The Kier molecular flexibility index (Phi) is 3.96. The van der Waals surface area contributed by atoms with E-state index in [1.54, 1.807) is 0 Å². The van der Waals surface area contributed by atoms with Crippen LogP contribution >= 0.6 is 0 Å². The lowest BCUT2D eigenvalue weighted by Gasteiger charge is -2.36. The Morgan fingerprint density at radius 2 is 1.94 bits per heavy atom. The summed E-state index contributed by atoms with van der Waals surface area (Å²) in [5.74, 6) is -0.989. The summed E-state index contributed by atoms with van der Waals surface area (Å²) in [7, 11) is -3.71. The zero-order valence-corrected chi connectivity index (χ0v) is 10.7. The zero-order chi connectivity index (χ0) is 12.5. The molecular formula is C10H19NO4S. The van der Waals surface area contributed by atoms with E-state index >= 15 is 0 Å². The van der Waals surface area contributed by atoms with Gasteiger partial charge in [-0.05, 0) is 32.6 Å². The van der Waals surface area contributed by atoms with Gasteiger partial charge in [0.2, 0.25) is 10.0 Å². The molecule has 0 aliphatic carbocycles. The van der Waals surface area contributed by atoms with Crippen LogP contribution < -0.4 is 0 Å². The molecule has 94 valence electrons. The maximum atomic E-state index is 12.0. The second-order valence-corrected chi connectivity index (χ2v) is 6.83.